The maximum atomic E-state index is 12.9. The molecule has 0 amide bonds. The number of aromatic nitrogens is 2. The molecule has 16 heteroatoms. The van der Waals surface area contributed by atoms with E-state index in [2.05, 4.69) is 36.6 Å². The summed E-state index contributed by atoms with van der Waals surface area (Å²) in [5.74, 6) is 0.244. The lowest BCUT2D eigenvalue weighted by Gasteiger charge is -2.22. The molecule has 2 heterocycles. The van der Waals surface area contributed by atoms with Gasteiger partial charge in [-0.15, -0.1) is 0 Å². The van der Waals surface area contributed by atoms with E-state index in [1.807, 2.05) is 6.07 Å². The number of benzene rings is 2. The number of aromatic amines is 1. The van der Waals surface area contributed by atoms with E-state index < -0.39 is 36.0 Å². The van der Waals surface area contributed by atoms with E-state index in [0.717, 1.165) is 5.56 Å². The van der Waals surface area contributed by atoms with Crippen molar-refractivity contribution in [2.24, 2.45) is 10.9 Å². The highest BCUT2D eigenvalue weighted by Gasteiger charge is 2.34. The molecule has 34 heavy (non-hydrogen) atoms. The van der Waals surface area contributed by atoms with Crippen LogP contribution in [0.5, 0.6) is 0 Å². The summed E-state index contributed by atoms with van der Waals surface area (Å²) in [6.07, 6.45) is 0.706. The normalized spacial score (nSPS) is 15.1. The summed E-state index contributed by atoms with van der Waals surface area (Å²) < 4.78 is 53.7. The maximum Gasteiger partial charge on any atom is 0.241 e. The summed E-state index contributed by atoms with van der Waals surface area (Å²) in [4.78, 5) is 5.88. The van der Waals surface area contributed by atoms with Gasteiger partial charge in [-0.3, -0.25) is 0 Å². The fourth-order valence-corrected chi connectivity index (χ4v) is 6.33. The van der Waals surface area contributed by atoms with E-state index in [1.165, 1.54) is 12.1 Å². The first-order valence-electron chi connectivity index (χ1n) is 9.93. The predicted octanol–water partition coefficient (Wildman–Crippen LogP) is -1.67. The van der Waals surface area contributed by atoms with E-state index in [-0.39, 0.29) is 24.6 Å². The van der Waals surface area contributed by atoms with Crippen LogP contribution in [-0.2, 0) is 20.0 Å². The van der Waals surface area contributed by atoms with E-state index >= 15 is 0 Å². The van der Waals surface area contributed by atoms with Crippen molar-refractivity contribution in [1.82, 2.24) is 36.6 Å². The standard InChI is InChI=1S/C18H24N10O4S2/c19-6-7-23-34(31,32)14-5-4-12(15(16(14)33(21,29)30)17-25-27-28-26-17)10-2-1-3-11(8-10)13-9-22-18(20)24-13/h1-5,8-9,17,23,25-28H,6-7,19H2,(H3,20,22,24)(H2,21,29,30). The molecule has 182 valence electrons. The summed E-state index contributed by atoms with van der Waals surface area (Å²) in [5, 5.41) is 5.55. The van der Waals surface area contributed by atoms with Gasteiger partial charge in [-0.1, -0.05) is 24.3 Å². The van der Waals surface area contributed by atoms with Crippen molar-refractivity contribution < 1.29 is 16.8 Å². The minimum absolute atomic E-state index is 0.0271. The van der Waals surface area contributed by atoms with Gasteiger partial charge in [-0.25, -0.2) is 42.5 Å². The third-order valence-electron chi connectivity index (χ3n) is 5.03. The Balaban J connectivity index is 1.98. The molecule has 3 aromatic rings. The average Bonchev–Trinajstić information content (AvgIpc) is 3.48. The van der Waals surface area contributed by atoms with Gasteiger partial charge in [0.25, 0.3) is 0 Å². The maximum absolute atomic E-state index is 12.9. The van der Waals surface area contributed by atoms with Crippen LogP contribution in [0.4, 0.5) is 5.95 Å². The zero-order valence-corrected chi connectivity index (χ0v) is 19.3. The Morgan fingerprint density at radius 3 is 2.35 bits per heavy atom. The highest BCUT2D eigenvalue weighted by Crippen LogP contribution is 2.37. The second-order valence-electron chi connectivity index (χ2n) is 7.32. The minimum Gasteiger partial charge on any atom is -0.369 e. The molecule has 0 saturated carbocycles. The lowest BCUT2D eigenvalue weighted by atomic mass is 9.96. The first kappa shape index (κ1) is 24.2. The van der Waals surface area contributed by atoms with Gasteiger partial charge >= 0.3 is 0 Å². The van der Waals surface area contributed by atoms with Gasteiger partial charge in [-0.05, 0) is 23.3 Å². The highest BCUT2D eigenvalue weighted by atomic mass is 32.2. The molecule has 14 nitrogen and oxygen atoms in total. The molecule has 0 atom stereocenters. The van der Waals surface area contributed by atoms with Crippen molar-refractivity contribution in [1.29, 1.82) is 0 Å². The molecule has 0 radical (unpaired) electrons. The molecule has 1 aliphatic heterocycles. The summed E-state index contributed by atoms with van der Waals surface area (Å²) in [6.45, 7) is -0.0543. The Labute approximate surface area is 195 Å². The van der Waals surface area contributed by atoms with Gasteiger partial charge in [0.1, 0.15) is 16.0 Å². The number of H-pyrrole nitrogens is 1. The molecule has 4 rings (SSSR count). The molecule has 0 aliphatic carbocycles. The minimum atomic E-state index is -4.52. The van der Waals surface area contributed by atoms with E-state index in [9.17, 15) is 16.8 Å². The molecular formula is C18H24N10O4S2. The Morgan fingerprint density at radius 2 is 1.74 bits per heavy atom. The Bertz CT molecular complexity index is 1420. The van der Waals surface area contributed by atoms with Crippen molar-refractivity contribution in [3.63, 3.8) is 0 Å². The van der Waals surface area contributed by atoms with Crippen molar-refractivity contribution in [2.45, 2.75) is 16.0 Å². The number of nitrogens with one attached hydrogen (secondary N) is 6. The Hall–Kier alpha value is -2.93. The average molecular weight is 509 g/mol. The molecular weight excluding hydrogens is 484 g/mol. The molecule has 1 aliphatic rings. The van der Waals surface area contributed by atoms with Gasteiger partial charge < -0.3 is 16.5 Å². The number of nitrogens with zero attached hydrogens (tertiary/aromatic N) is 1. The third-order valence-corrected chi connectivity index (χ3v) is 7.68. The number of hydrogen-bond acceptors (Lipinski definition) is 11. The second kappa shape index (κ2) is 9.37. The van der Waals surface area contributed by atoms with Crippen molar-refractivity contribution in [3.8, 4) is 22.4 Å². The smallest absolute Gasteiger partial charge is 0.241 e. The molecule has 2 aromatic carbocycles. The van der Waals surface area contributed by atoms with Crippen LogP contribution in [0.25, 0.3) is 22.4 Å². The monoisotopic (exact) mass is 508 g/mol. The van der Waals surface area contributed by atoms with Crippen LogP contribution >= 0.6 is 0 Å². The molecule has 0 spiro atoms. The summed E-state index contributed by atoms with van der Waals surface area (Å²) in [6, 6.07) is 9.85. The molecule has 1 aromatic heterocycles. The topological polar surface area (TPSA) is 235 Å². The summed E-state index contributed by atoms with van der Waals surface area (Å²) in [5.41, 5.74) is 24.4. The summed E-state index contributed by atoms with van der Waals surface area (Å²) in [7, 11) is -8.77. The van der Waals surface area contributed by atoms with E-state index in [0.29, 0.717) is 16.8 Å². The Morgan fingerprint density at radius 1 is 1.03 bits per heavy atom. The first-order valence-corrected chi connectivity index (χ1v) is 13.0. The summed E-state index contributed by atoms with van der Waals surface area (Å²) >= 11 is 0. The lowest BCUT2D eigenvalue weighted by molar-refractivity contribution is 0.533. The molecule has 0 bridgehead atoms. The van der Waals surface area contributed by atoms with Crippen molar-refractivity contribution in [2.75, 3.05) is 18.8 Å². The van der Waals surface area contributed by atoms with Crippen LogP contribution in [0.2, 0.25) is 0 Å². The number of hydrazine groups is 3. The number of sulfonamides is 2. The quantitative estimate of drug-likeness (QED) is 0.167. The predicted molar refractivity (Wildman–Crippen MR) is 125 cm³/mol. The zero-order valence-electron chi connectivity index (χ0n) is 17.7. The molecule has 12 N–H and O–H groups in total. The third kappa shape index (κ3) is 4.80. The number of imidazole rings is 1. The van der Waals surface area contributed by atoms with Crippen LogP contribution in [-0.4, -0.2) is 39.9 Å². The van der Waals surface area contributed by atoms with Crippen LogP contribution in [0.1, 0.15) is 11.7 Å². The number of nitrogen functional groups attached to an aromatic ring is 1. The zero-order chi connectivity index (χ0) is 24.5. The van der Waals surface area contributed by atoms with Crippen molar-refractivity contribution >= 4 is 26.0 Å². The molecule has 0 unspecified atom stereocenters. The number of primary sulfonamides is 1. The first-order chi connectivity index (χ1) is 16.1. The largest absolute Gasteiger partial charge is 0.369 e. The van der Waals surface area contributed by atoms with E-state index in [4.69, 9.17) is 16.6 Å². The molecule has 1 saturated heterocycles. The number of rotatable bonds is 8. The SMILES string of the molecule is NCCNS(=O)(=O)c1ccc(-c2cccc(-c3cnc(N)[nH]3)c2)c(C2NNNN2)c1S(N)(=O)=O. The molecule has 1 fully saturated rings. The highest BCUT2D eigenvalue weighted by molar-refractivity contribution is 7.92. The van der Waals surface area contributed by atoms with Crippen LogP contribution in [0.15, 0.2) is 52.4 Å². The fraction of sp³-hybridized carbons (Fsp3) is 0.167. The van der Waals surface area contributed by atoms with Crippen LogP contribution < -0.4 is 43.2 Å². The van der Waals surface area contributed by atoms with Gasteiger partial charge in [0.2, 0.25) is 20.0 Å². The lowest BCUT2D eigenvalue weighted by Crippen LogP contribution is -2.33. The van der Waals surface area contributed by atoms with Gasteiger partial charge in [0.05, 0.1) is 11.9 Å². The van der Waals surface area contributed by atoms with Gasteiger partial charge in [0, 0.05) is 24.2 Å². The van der Waals surface area contributed by atoms with E-state index in [1.54, 1.807) is 24.4 Å². The van der Waals surface area contributed by atoms with Crippen LogP contribution in [0.3, 0.4) is 0 Å². The van der Waals surface area contributed by atoms with Gasteiger partial charge in [-0.2, -0.15) is 11.1 Å². The Kier molecular flexibility index (Phi) is 6.67. The number of anilines is 1. The van der Waals surface area contributed by atoms with Crippen molar-refractivity contribution in [3.05, 3.63) is 48.2 Å². The number of nitrogens with two attached hydrogens (primary N) is 3. The number of hydrogen-bond donors (Lipinski definition) is 9. The van der Waals surface area contributed by atoms with Crippen LogP contribution in [0, 0.1) is 0 Å². The second-order valence-corrected chi connectivity index (χ2v) is 10.6. The van der Waals surface area contributed by atoms with Gasteiger partial charge in [0.15, 0.2) is 5.95 Å². The fourth-order valence-electron chi connectivity index (χ4n) is 3.63.